The van der Waals surface area contributed by atoms with Crippen LogP contribution in [0.3, 0.4) is 0 Å². The van der Waals surface area contributed by atoms with E-state index in [1.165, 1.54) is 0 Å². The van der Waals surface area contributed by atoms with E-state index in [9.17, 15) is 4.79 Å². The molecule has 1 aromatic heterocycles. The first-order valence-electron chi connectivity index (χ1n) is 9.50. The van der Waals surface area contributed by atoms with Gasteiger partial charge in [0.25, 0.3) is 0 Å². The van der Waals surface area contributed by atoms with Gasteiger partial charge in [0, 0.05) is 35.4 Å². The largest absolute Gasteiger partial charge is 0.345 e. The van der Waals surface area contributed by atoms with Crippen LogP contribution in [-0.2, 0) is 17.9 Å². The van der Waals surface area contributed by atoms with E-state index in [2.05, 4.69) is 50.6 Å². The Morgan fingerprint density at radius 3 is 2.58 bits per heavy atom. The molecule has 0 fully saturated rings. The van der Waals surface area contributed by atoms with Gasteiger partial charge in [-0.2, -0.15) is 0 Å². The minimum atomic E-state index is -0.200. The summed E-state index contributed by atoms with van der Waals surface area (Å²) in [7, 11) is 0. The molecule has 0 aliphatic heterocycles. The van der Waals surface area contributed by atoms with Crippen LogP contribution in [0.25, 0.3) is 0 Å². The summed E-state index contributed by atoms with van der Waals surface area (Å²) in [6.07, 6.45) is 5.89. The van der Waals surface area contributed by atoms with Crippen molar-refractivity contribution in [3.63, 3.8) is 0 Å². The van der Waals surface area contributed by atoms with Crippen molar-refractivity contribution in [2.24, 2.45) is 0 Å². The number of hydrogen-bond donors (Lipinski definition) is 0. The molecule has 0 atom stereocenters. The molecule has 0 bridgehead atoms. The number of amides is 1. The van der Waals surface area contributed by atoms with Gasteiger partial charge in [-0.05, 0) is 57.0 Å². The number of halogens is 1. The van der Waals surface area contributed by atoms with Gasteiger partial charge in [0.05, 0.1) is 6.54 Å². The van der Waals surface area contributed by atoms with Crippen molar-refractivity contribution in [1.82, 2.24) is 9.47 Å². The third kappa shape index (κ3) is 5.91. The fourth-order valence-corrected chi connectivity index (χ4v) is 3.31. The van der Waals surface area contributed by atoms with E-state index in [0.29, 0.717) is 13.0 Å². The molecule has 0 N–H and O–H groups in total. The van der Waals surface area contributed by atoms with Crippen molar-refractivity contribution in [3.8, 4) is 0 Å². The molecule has 142 valence electrons. The summed E-state index contributed by atoms with van der Waals surface area (Å²) in [6.45, 7) is 9.86. The van der Waals surface area contributed by atoms with Crippen LogP contribution < -0.4 is 0 Å². The molecule has 0 saturated carbocycles. The molecule has 3 nitrogen and oxygen atoms in total. The lowest BCUT2D eigenvalue weighted by atomic mass is 10.0. The van der Waals surface area contributed by atoms with Crippen LogP contribution in [0.1, 0.15) is 64.6 Å². The second-order valence-corrected chi connectivity index (χ2v) is 8.30. The fourth-order valence-electron chi connectivity index (χ4n) is 3.10. The SMILES string of the molecule is CCCCCC(=O)N(Cc1cccn1Cc1cccc(Cl)c1)C(C)(C)C. The molecule has 4 heteroatoms. The smallest absolute Gasteiger partial charge is 0.223 e. The summed E-state index contributed by atoms with van der Waals surface area (Å²) < 4.78 is 2.20. The van der Waals surface area contributed by atoms with Crippen LogP contribution in [0, 0.1) is 0 Å². The molecule has 2 rings (SSSR count). The first-order chi connectivity index (χ1) is 12.3. The molecule has 1 heterocycles. The molecular formula is C22H31ClN2O. The van der Waals surface area contributed by atoms with Gasteiger partial charge in [0.2, 0.25) is 5.91 Å². The highest BCUT2D eigenvalue weighted by Crippen LogP contribution is 2.21. The summed E-state index contributed by atoms with van der Waals surface area (Å²) in [5.74, 6) is 0.237. The molecular weight excluding hydrogens is 344 g/mol. The molecule has 0 aliphatic carbocycles. The number of carbonyl (C=O) groups is 1. The Balaban J connectivity index is 2.14. The van der Waals surface area contributed by atoms with Crippen molar-refractivity contribution >= 4 is 17.5 Å². The zero-order valence-electron chi connectivity index (χ0n) is 16.5. The van der Waals surface area contributed by atoms with Gasteiger partial charge in [-0.3, -0.25) is 4.79 Å². The first-order valence-corrected chi connectivity index (χ1v) is 9.88. The highest BCUT2D eigenvalue weighted by atomic mass is 35.5. The normalized spacial score (nSPS) is 11.6. The summed E-state index contributed by atoms with van der Waals surface area (Å²) >= 11 is 6.11. The van der Waals surface area contributed by atoms with Crippen molar-refractivity contribution in [3.05, 3.63) is 58.9 Å². The third-order valence-electron chi connectivity index (χ3n) is 4.59. The highest BCUT2D eigenvalue weighted by Gasteiger charge is 2.26. The number of nitrogens with zero attached hydrogens (tertiary/aromatic N) is 2. The number of benzene rings is 1. The van der Waals surface area contributed by atoms with E-state index in [0.717, 1.165) is 42.1 Å². The number of rotatable bonds is 8. The Hall–Kier alpha value is -1.74. The quantitative estimate of drug-likeness (QED) is 0.528. The van der Waals surface area contributed by atoms with Gasteiger partial charge >= 0.3 is 0 Å². The molecule has 1 amide bonds. The lowest BCUT2D eigenvalue weighted by molar-refractivity contribution is -0.137. The Kier molecular flexibility index (Phi) is 7.33. The van der Waals surface area contributed by atoms with Crippen LogP contribution in [0.15, 0.2) is 42.6 Å². The minimum absolute atomic E-state index is 0.200. The van der Waals surface area contributed by atoms with Crippen LogP contribution in [0.2, 0.25) is 5.02 Å². The van der Waals surface area contributed by atoms with E-state index < -0.39 is 0 Å². The van der Waals surface area contributed by atoms with Crippen molar-refractivity contribution in [2.45, 2.75) is 72.0 Å². The molecule has 0 spiro atoms. The van der Waals surface area contributed by atoms with Gasteiger partial charge in [0.1, 0.15) is 0 Å². The van der Waals surface area contributed by atoms with Gasteiger partial charge in [-0.15, -0.1) is 0 Å². The summed E-state index contributed by atoms with van der Waals surface area (Å²) in [5, 5.41) is 0.749. The van der Waals surface area contributed by atoms with Crippen LogP contribution in [0.4, 0.5) is 0 Å². The Labute approximate surface area is 163 Å². The fraction of sp³-hybridized carbons (Fsp3) is 0.500. The molecule has 0 aliphatic rings. The molecule has 2 aromatic rings. The number of unbranched alkanes of at least 4 members (excludes halogenated alkanes) is 2. The van der Waals surface area contributed by atoms with Crippen LogP contribution >= 0.6 is 11.6 Å². The zero-order valence-corrected chi connectivity index (χ0v) is 17.2. The predicted octanol–water partition coefficient (Wildman–Crippen LogP) is 5.90. The van der Waals surface area contributed by atoms with Crippen molar-refractivity contribution in [2.75, 3.05) is 0 Å². The van der Waals surface area contributed by atoms with E-state index >= 15 is 0 Å². The number of hydrogen-bond acceptors (Lipinski definition) is 1. The number of carbonyl (C=O) groups excluding carboxylic acids is 1. The van der Waals surface area contributed by atoms with E-state index in [4.69, 9.17) is 11.6 Å². The number of aromatic nitrogens is 1. The van der Waals surface area contributed by atoms with Crippen molar-refractivity contribution < 1.29 is 4.79 Å². The van der Waals surface area contributed by atoms with Crippen LogP contribution in [0.5, 0.6) is 0 Å². The van der Waals surface area contributed by atoms with E-state index in [1.54, 1.807) is 0 Å². The second kappa shape index (κ2) is 9.27. The monoisotopic (exact) mass is 374 g/mol. The lowest BCUT2D eigenvalue weighted by Crippen LogP contribution is -2.45. The minimum Gasteiger partial charge on any atom is -0.345 e. The van der Waals surface area contributed by atoms with Gasteiger partial charge < -0.3 is 9.47 Å². The highest BCUT2D eigenvalue weighted by molar-refractivity contribution is 6.30. The van der Waals surface area contributed by atoms with Crippen molar-refractivity contribution in [1.29, 1.82) is 0 Å². The molecule has 0 unspecified atom stereocenters. The summed E-state index contributed by atoms with van der Waals surface area (Å²) in [5.41, 5.74) is 2.10. The predicted molar refractivity (Wildman–Crippen MR) is 109 cm³/mol. The standard InChI is InChI=1S/C22H31ClN2O/c1-5-6-7-13-21(26)25(22(2,3)4)17-20-12-9-14-24(20)16-18-10-8-11-19(23)15-18/h8-12,14-15H,5-7,13,16-17H2,1-4H3. The Bertz CT molecular complexity index is 715. The average Bonchev–Trinajstić information content (AvgIpc) is 2.98. The Morgan fingerprint density at radius 1 is 1.15 bits per heavy atom. The molecule has 1 aromatic carbocycles. The third-order valence-corrected chi connectivity index (χ3v) is 4.83. The first kappa shape index (κ1) is 20.6. The lowest BCUT2D eigenvalue weighted by Gasteiger charge is -2.36. The maximum absolute atomic E-state index is 12.8. The molecule has 26 heavy (non-hydrogen) atoms. The molecule has 0 radical (unpaired) electrons. The van der Waals surface area contributed by atoms with E-state index in [1.807, 2.05) is 29.2 Å². The van der Waals surface area contributed by atoms with Gasteiger partial charge in [-0.25, -0.2) is 0 Å². The van der Waals surface area contributed by atoms with E-state index in [-0.39, 0.29) is 11.4 Å². The molecule has 0 saturated heterocycles. The zero-order chi connectivity index (χ0) is 19.2. The van der Waals surface area contributed by atoms with Crippen LogP contribution in [-0.4, -0.2) is 20.9 Å². The summed E-state index contributed by atoms with van der Waals surface area (Å²) in [6, 6.07) is 12.1. The van der Waals surface area contributed by atoms with Gasteiger partial charge in [-0.1, -0.05) is 43.5 Å². The second-order valence-electron chi connectivity index (χ2n) is 7.87. The topological polar surface area (TPSA) is 25.2 Å². The summed E-state index contributed by atoms with van der Waals surface area (Å²) in [4.78, 5) is 14.8. The maximum atomic E-state index is 12.8. The Morgan fingerprint density at radius 2 is 1.92 bits per heavy atom. The average molecular weight is 375 g/mol. The van der Waals surface area contributed by atoms with Gasteiger partial charge in [0.15, 0.2) is 0 Å². The maximum Gasteiger partial charge on any atom is 0.223 e.